The van der Waals surface area contributed by atoms with Crippen LogP contribution in [0.15, 0.2) is 48.5 Å². The first kappa shape index (κ1) is 15.6. The summed E-state index contributed by atoms with van der Waals surface area (Å²) in [6.45, 7) is 4.48. The molecule has 0 aliphatic heterocycles. The van der Waals surface area contributed by atoms with Crippen LogP contribution in [0.5, 0.6) is 5.75 Å². The van der Waals surface area contributed by atoms with Gasteiger partial charge in [0.15, 0.2) is 0 Å². The molecule has 2 aromatic carbocycles. The van der Waals surface area contributed by atoms with E-state index in [-0.39, 0.29) is 5.91 Å². The second kappa shape index (κ2) is 7.31. The van der Waals surface area contributed by atoms with Crippen molar-refractivity contribution in [1.82, 2.24) is 0 Å². The molecule has 4 heteroatoms. The summed E-state index contributed by atoms with van der Waals surface area (Å²) in [5.74, 6) is 0.472. The zero-order valence-corrected chi connectivity index (χ0v) is 12.8. The van der Waals surface area contributed by atoms with Gasteiger partial charge in [-0.05, 0) is 49.8 Å². The number of rotatable bonds is 5. The average molecular weight is 296 g/mol. The van der Waals surface area contributed by atoms with Crippen LogP contribution in [0.4, 0.5) is 11.4 Å². The van der Waals surface area contributed by atoms with Gasteiger partial charge in [-0.25, -0.2) is 0 Å². The van der Waals surface area contributed by atoms with E-state index in [1.54, 1.807) is 18.2 Å². The summed E-state index contributed by atoms with van der Waals surface area (Å²) in [6, 6.07) is 13.1. The van der Waals surface area contributed by atoms with Crippen LogP contribution in [0.25, 0.3) is 6.08 Å². The third kappa shape index (κ3) is 4.38. The molecular weight excluding hydrogens is 276 g/mol. The van der Waals surface area contributed by atoms with Crippen LogP contribution < -0.4 is 15.8 Å². The number of anilines is 2. The molecule has 0 radical (unpaired) electrons. The molecule has 2 rings (SSSR count). The van der Waals surface area contributed by atoms with Crippen molar-refractivity contribution in [3.63, 3.8) is 0 Å². The molecule has 0 bridgehead atoms. The molecule has 0 atom stereocenters. The van der Waals surface area contributed by atoms with Gasteiger partial charge < -0.3 is 15.8 Å². The number of nitrogens with one attached hydrogen (secondary N) is 1. The topological polar surface area (TPSA) is 64.3 Å². The van der Waals surface area contributed by atoms with E-state index in [4.69, 9.17) is 10.5 Å². The lowest BCUT2D eigenvalue weighted by molar-refractivity contribution is -0.111. The fourth-order valence-electron chi connectivity index (χ4n) is 1.95. The lowest BCUT2D eigenvalue weighted by Gasteiger charge is -2.07. The van der Waals surface area contributed by atoms with Crippen LogP contribution in [-0.4, -0.2) is 12.5 Å². The van der Waals surface area contributed by atoms with Gasteiger partial charge in [-0.15, -0.1) is 0 Å². The molecule has 0 aromatic heterocycles. The quantitative estimate of drug-likeness (QED) is 0.654. The van der Waals surface area contributed by atoms with Crippen molar-refractivity contribution in [2.45, 2.75) is 13.8 Å². The van der Waals surface area contributed by atoms with E-state index in [1.165, 1.54) is 6.08 Å². The van der Waals surface area contributed by atoms with Gasteiger partial charge in [-0.3, -0.25) is 4.79 Å². The molecule has 0 saturated carbocycles. The largest absolute Gasteiger partial charge is 0.492 e. The zero-order valence-electron chi connectivity index (χ0n) is 12.8. The summed E-state index contributed by atoms with van der Waals surface area (Å²) in [4.78, 5) is 11.9. The first-order chi connectivity index (χ1) is 10.6. The molecule has 0 unspecified atom stereocenters. The Morgan fingerprint density at radius 3 is 2.59 bits per heavy atom. The maximum absolute atomic E-state index is 11.9. The van der Waals surface area contributed by atoms with Gasteiger partial charge in [0, 0.05) is 11.8 Å². The number of amides is 1. The highest BCUT2D eigenvalue weighted by molar-refractivity contribution is 6.02. The molecule has 4 nitrogen and oxygen atoms in total. The fraction of sp³-hybridized carbons (Fsp3) is 0.167. The highest BCUT2D eigenvalue weighted by Crippen LogP contribution is 2.23. The van der Waals surface area contributed by atoms with Crippen LogP contribution in [0.1, 0.15) is 18.1 Å². The van der Waals surface area contributed by atoms with Crippen molar-refractivity contribution < 1.29 is 9.53 Å². The van der Waals surface area contributed by atoms with Gasteiger partial charge >= 0.3 is 0 Å². The average Bonchev–Trinajstić information content (AvgIpc) is 2.50. The number of nitrogen functional groups attached to an aromatic ring is 1. The van der Waals surface area contributed by atoms with Gasteiger partial charge in [0.05, 0.1) is 12.3 Å². The van der Waals surface area contributed by atoms with E-state index >= 15 is 0 Å². The molecule has 3 N–H and O–H groups in total. The Morgan fingerprint density at radius 2 is 1.95 bits per heavy atom. The van der Waals surface area contributed by atoms with E-state index in [1.807, 2.05) is 44.2 Å². The molecule has 2 aromatic rings. The minimum Gasteiger partial charge on any atom is -0.492 e. The van der Waals surface area contributed by atoms with Gasteiger partial charge in [0.1, 0.15) is 5.75 Å². The van der Waals surface area contributed by atoms with Crippen molar-refractivity contribution >= 4 is 23.4 Å². The molecule has 0 aliphatic rings. The summed E-state index contributed by atoms with van der Waals surface area (Å²) in [5, 5.41) is 2.80. The molecule has 0 saturated heterocycles. The molecule has 0 heterocycles. The van der Waals surface area contributed by atoms with E-state index in [2.05, 4.69) is 5.32 Å². The molecule has 0 aliphatic carbocycles. The van der Waals surface area contributed by atoms with Crippen molar-refractivity contribution in [1.29, 1.82) is 0 Å². The maximum Gasteiger partial charge on any atom is 0.248 e. The fourth-order valence-corrected chi connectivity index (χ4v) is 1.95. The SMILES string of the molecule is CCOc1ccc(/C=C\C(=O)Nc2ccc(C)cc2)cc1N. The molecule has 0 fully saturated rings. The second-order valence-electron chi connectivity index (χ2n) is 4.92. The molecule has 0 spiro atoms. The normalized spacial score (nSPS) is 10.6. The Bertz CT molecular complexity index is 676. The standard InChI is InChI=1S/C18H20N2O2/c1-3-22-17-10-6-14(12-16(17)19)7-11-18(21)20-15-8-4-13(2)5-9-15/h4-12H,3,19H2,1-2H3,(H,20,21)/b11-7-. The van der Waals surface area contributed by atoms with E-state index in [0.717, 1.165) is 16.8 Å². The summed E-state index contributed by atoms with van der Waals surface area (Å²) in [5.41, 5.74) is 9.22. The number of carbonyl (C=O) groups excluding carboxylic acids is 1. The van der Waals surface area contributed by atoms with Crippen LogP contribution in [-0.2, 0) is 4.79 Å². The van der Waals surface area contributed by atoms with Crippen LogP contribution >= 0.6 is 0 Å². The van der Waals surface area contributed by atoms with Crippen LogP contribution in [0.3, 0.4) is 0 Å². The Hall–Kier alpha value is -2.75. The Morgan fingerprint density at radius 1 is 1.23 bits per heavy atom. The Balaban J connectivity index is 2.00. The number of carbonyl (C=O) groups is 1. The lowest BCUT2D eigenvalue weighted by atomic mass is 10.1. The van der Waals surface area contributed by atoms with Crippen molar-refractivity contribution in [3.8, 4) is 5.75 Å². The zero-order chi connectivity index (χ0) is 15.9. The number of hydrogen-bond donors (Lipinski definition) is 2. The van der Waals surface area contributed by atoms with Gasteiger partial charge in [0.25, 0.3) is 0 Å². The first-order valence-electron chi connectivity index (χ1n) is 7.16. The summed E-state index contributed by atoms with van der Waals surface area (Å²) >= 11 is 0. The van der Waals surface area contributed by atoms with Gasteiger partial charge in [0.2, 0.25) is 5.91 Å². The number of nitrogens with two attached hydrogens (primary N) is 1. The first-order valence-corrected chi connectivity index (χ1v) is 7.16. The van der Waals surface area contributed by atoms with E-state index < -0.39 is 0 Å². The summed E-state index contributed by atoms with van der Waals surface area (Å²) in [7, 11) is 0. The second-order valence-corrected chi connectivity index (χ2v) is 4.92. The van der Waals surface area contributed by atoms with Crippen LogP contribution in [0, 0.1) is 6.92 Å². The Kier molecular flexibility index (Phi) is 5.20. The number of aryl methyl sites for hydroxylation is 1. The van der Waals surface area contributed by atoms with Crippen molar-refractivity contribution in [2.75, 3.05) is 17.7 Å². The highest BCUT2D eigenvalue weighted by atomic mass is 16.5. The van der Waals surface area contributed by atoms with Crippen LogP contribution in [0.2, 0.25) is 0 Å². The summed E-state index contributed by atoms with van der Waals surface area (Å²) < 4.78 is 5.38. The molecular formula is C18H20N2O2. The van der Waals surface area contributed by atoms with E-state index in [0.29, 0.717) is 18.0 Å². The minimum absolute atomic E-state index is 0.184. The maximum atomic E-state index is 11.9. The Labute approximate surface area is 130 Å². The highest BCUT2D eigenvalue weighted by Gasteiger charge is 2.01. The van der Waals surface area contributed by atoms with E-state index in [9.17, 15) is 4.79 Å². The monoisotopic (exact) mass is 296 g/mol. The number of ether oxygens (including phenoxy) is 1. The number of benzene rings is 2. The molecule has 1 amide bonds. The predicted molar refractivity (Wildman–Crippen MR) is 90.9 cm³/mol. The third-order valence-electron chi connectivity index (χ3n) is 3.08. The van der Waals surface area contributed by atoms with Gasteiger partial charge in [-0.2, -0.15) is 0 Å². The minimum atomic E-state index is -0.184. The summed E-state index contributed by atoms with van der Waals surface area (Å²) in [6.07, 6.45) is 3.20. The lowest BCUT2D eigenvalue weighted by Crippen LogP contribution is -2.07. The predicted octanol–water partition coefficient (Wildman–Crippen LogP) is 3.63. The molecule has 22 heavy (non-hydrogen) atoms. The van der Waals surface area contributed by atoms with Gasteiger partial charge in [-0.1, -0.05) is 23.8 Å². The van der Waals surface area contributed by atoms with Crippen molar-refractivity contribution in [3.05, 3.63) is 59.7 Å². The third-order valence-corrected chi connectivity index (χ3v) is 3.08. The smallest absolute Gasteiger partial charge is 0.248 e. The van der Waals surface area contributed by atoms with Crippen molar-refractivity contribution in [2.24, 2.45) is 0 Å². The molecule has 114 valence electrons. The number of hydrogen-bond acceptors (Lipinski definition) is 3.